The first-order valence-electron chi connectivity index (χ1n) is 8.01. The van der Waals surface area contributed by atoms with Gasteiger partial charge in [0.05, 0.1) is 5.52 Å². The molecule has 24 heavy (non-hydrogen) atoms. The van der Waals surface area contributed by atoms with Gasteiger partial charge < -0.3 is 5.32 Å². The van der Waals surface area contributed by atoms with E-state index in [9.17, 15) is 0 Å². The molecule has 0 aliphatic carbocycles. The number of nitrogens with one attached hydrogen (secondary N) is 2. The molecule has 124 valence electrons. The number of nitrogens with zero attached hydrogens (tertiary/aromatic N) is 3. The highest BCUT2D eigenvalue weighted by Gasteiger charge is 2.05. The van der Waals surface area contributed by atoms with E-state index in [2.05, 4.69) is 37.7 Å². The lowest BCUT2D eigenvalue weighted by molar-refractivity contribution is 0.576. The van der Waals surface area contributed by atoms with Gasteiger partial charge in [0.2, 0.25) is 5.95 Å². The van der Waals surface area contributed by atoms with Crippen molar-refractivity contribution < 1.29 is 0 Å². The van der Waals surface area contributed by atoms with Gasteiger partial charge in [0.15, 0.2) is 0 Å². The van der Waals surface area contributed by atoms with Crippen LogP contribution in [0.1, 0.15) is 17.0 Å². The maximum absolute atomic E-state index is 6.04. The van der Waals surface area contributed by atoms with E-state index in [0.717, 1.165) is 35.3 Å². The minimum Gasteiger partial charge on any atom is -0.326 e. The van der Waals surface area contributed by atoms with Crippen molar-refractivity contribution in [2.24, 2.45) is 5.73 Å². The summed E-state index contributed by atoms with van der Waals surface area (Å²) < 4.78 is 0. The quantitative estimate of drug-likeness (QED) is 0.603. The van der Waals surface area contributed by atoms with Crippen LogP contribution in [0.2, 0.25) is 0 Å². The van der Waals surface area contributed by atoms with Crippen molar-refractivity contribution in [1.82, 2.24) is 20.3 Å². The van der Waals surface area contributed by atoms with Gasteiger partial charge in [-0.25, -0.2) is 9.97 Å². The lowest BCUT2D eigenvalue weighted by Gasteiger charge is -2.16. The van der Waals surface area contributed by atoms with Crippen LogP contribution in [0.15, 0.2) is 42.6 Å². The monoisotopic (exact) mass is 322 g/mol. The van der Waals surface area contributed by atoms with Crippen molar-refractivity contribution in [3.63, 3.8) is 0 Å². The van der Waals surface area contributed by atoms with E-state index in [-0.39, 0.29) is 0 Å². The van der Waals surface area contributed by atoms with Crippen LogP contribution in [0.25, 0.3) is 10.9 Å². The molecule has 3 rings (SSSR count). The third-order valence-electron chi connectivity index (χ3n) is 3.69. The number of aryl methyl sites for hydroxylation is 2. The van der Waals surface area contributed by atoms with Crippen LogP contribution in [0.4, 0.5) is 5.95 Å². The van der Waals surface area contributed by atoms with Crippen LogP contribution in [0.3, 0.4) is 0 Å². The van der Waals surface area contributed by atoms with Crippen LogP contribution < -0.4 is 16.4 Å². The molecule has 6 heteroatoms. The van der Waals surface area contributed by atoms with E-state index in [0.29, 0.717) is 5.95 Å². The fourth-order valence-electron chi connectivity index (χ4n) is 2.61. The Bertz CT molecular complexity index is 812. The van der Waals surface area contributed by atoms with Crippen molar-refractivity contribution in [2.45, 2.75) is 26.6 Å². The third kappa shape index (κ3) is 4.24. The van der Waals surface area contributed by atoms with Crippen molar-refractivity contribution in [1.29, 1.82) is 0 Å². The molecular weight excluding hydrogens is 300 g/mol. The summed E-state index contributed by atoms with van der Waals surface area (Å²) in [6, 6.07) is 12.2. The largest absolute Gasteiger partial charge is 0.326 e. The molecule has 0 aliphatic heterocycles. The number of hydrogen-bond donors (Lipinski definition) is 3. The van der Waals surface area contributed by atoms with Gasteiger partial charge in [0.1, 0.15) is 6.29 Å². The zero-order chi connectivity index (χ0) is 16.9. The van der Waals surface area contributed by atoms with Crippen molar-refractivity contribution in [2.75, 3.05) is 11.9 Å². The van der Waals surface area contributed by atoms with Crippen molar-refractivity contribution in [3.8, 4) is 0 Å². The Labute approximate surface area is 141 Å². The van der Waals surface area contributed by atoms with Crippen LogP contribution in [-0.4, -0.2) is 27.8 Å². The number of nitrogens with two attached hydrogens (primary N) is 1. The molecule has 0 aliphatic rings. The van der Waals surface area contributed by atoms with E-state index in [1.807, 2.05) is 44.3 Å². The van der Waals surface area contributed by atoms with Crippen molar-refractivity contribution in [3.05, 3.63) is 59.5 Å². The van der Waals surface area contributed by atoms with E-state index >= 15 is 0 Å². The van der Waals surface area contributed by atoms with Crippen molar-refractivity contribution >= 4 is 16.9 Å². The van der Waals surface area contributed by atoms with Crippen LogP contribution in [0, 0.1) is 13.8 Å². The molecule has 0 saturated heterocycles. The fraction of sp³-hybridized carbons (Fsp3) is 0.278. The first-order chi connectivity index (χ1) is 11.6. The van der Waals surface area contributed by atoms with Gasteiger partial charge in [0.25, 0.3) is 0 Å². The predicted molar refractivity (Wildman–Crippen MR) is 96.6 cm³/mol. The van der Waals surface area contributed by atoms with Crippen LogP contribution in [0.5, 0.6) is 0 Å². The van der Waals surface area contributed by atoms with Crippen LogP contribution >= 0.6 is 0 Å². The highest BCUT2D eigenvalue weighted by Crippen LogP contribution is 2.12. The maximum Gasteiger partial charge on any atom is 0.225 e. The number of pyridine rings is 1. The highest BCUT2D eigenvalue weighted by atomic mass is 15.3. The lowest BCUT2D eigenvalue weighted by atomic mass is 10.1. The summed E-state index contributed by atoms with van der Waals surface area (Å²) in [4.78, 5) is 13.1. The molecule has 1 aromatic carbocycles. The Morgan fingerprint density at radius 2 is 1.83 bits per heavy atom. The van der Waals surface area contributed by atoms with E-state index in [1.165, 1.54) is 5.56 Å². The van der Waals surface area contributed by atoms with Gasteiger partial charge in [0, 0.05) is 29.5 Å². The van der Waals surface area contributed by atoms with E-state index in [4.69, 9.17) is 5.73 Å². The second-order valence-electron chi connectivity index (χ2n) is 5.84. The SMILES string of the molecule is Cc1cc(C)nc(NC(N)NCCc2cnc3ccccc3c2)n1. The standard InChI is InChI=1S/C18H22N6/c1-12-9-13(2)23-18(22-12)24-17(19)20-8-7-14-10-15-5-3-4-6-16(15)21-11-14/h3-6,9-11,17,20H,7-8,19H2,1-2H3,(H,22,23,24). The molecule has 2 aromatic heterocycles. The van der Waals surface area contributed by atoms with E-state index in [1.54, 1.807) is 0 Å². The average molecular weight is 322 g/mol. The summed E-state index contributed by atoms with van der Waals surface area (Å²) in [7, 11) is 0. The zero-order valence-corrected chi connectivity index (χ0v) is 14.0. The molecule has 0 amide bonds. The van der Waals surface area contributed by atoms with Gasteiger partial charge in [-0.05, 0) is 44.0 Å². The Hall–Kier alpha value is -2.57. The molecule has 1 atom stereocenters. The Morgan fingerprint density at radius 1 is 1.08 bits per heavy atom. The molecule has 0 fully saturated rings. The van der Waals surface area contributed by atoms with Gasteiger partial charge in [-0.2, -0.15) is 0 Å². The minimum atomic E-state index is -0.403. The van der Waals surface area contributed by atoms with Gasteiger partial charge >= 0.3 is 0 Å². The molecule has 4 N–H and O–H groups in total. The number of rotatable bonds is 6. The summed E-state index contributed by atoms with van der Waals surface area (Å²) in [5.74, 6) is 0.542. The second-order valence-corrected chi connectivity index (χ2v) is 5.84. The Balaban J connectivity index is 1.53. The van der Waals surface area contributed by atoms with Gasteiger partial charge in [-0.3, -0.25) is 16.0 Å². The highest BCUT2D eigenvalue weighted by molar-refractivity contribution is 5.78. The number of para-hydroxylation sites is 1. The second kappa shape index (κ2) is 7.33. The molecule has 1 unspecified atom stereocenters. The maximum atomic E-state index is 6.04. The number of hydrogen-bond acceptors (Lipinski definition) is 6. The smallest absolute Gasteiger partial charge is 0.225 e. The molecule has 0 radical (unpaired) electrons. The van der Waals surface area contributed by atoms with E-state index < -0.39 is 6.29 Å². The summed E-state index contributed by atoms with van der Waals surface area (Å²) in [6.45, 7) is 4.61. The van der Waals surface area contributed by atoms with Gasteiger partial charge in [-0.1, -0.05) is 18.2 Å². The summed E-state index contributed by atoms with van der Waals surface area (Å²) in [5.41, 5.74) is 10.1. The zero-order valence-electron chi connectivity index (χ0n) is 14.0. The number of anilines is 1. The van der Waals surface area contributed by atoms with Crippen LogP contribution in [-0.2, 0) is 6.42 Å². The fourth-order valence-corrected chi connectivity index (χ4v) is 2.61. The Kier molecular flexibility index (Phi) is 4.98. The lowest BCUT2D eigenvalue weighted by Crippen LogP contribution is -2.45. The number of fused-ring (bicyclic) bond motifs is 1. The topological polar surface area (TPSA) is 88.8 Å². The summed E-state index contributed by atoms with van der Waals surface area (Å²) in [6.07, 6.45) is 2.36. The molecule has 2 heterocycles. The molecule has 0 bridgehead atoms. The summed E-state index contributed by atoms with van der Waals surface area (Å²) in [5, 5.41) is 7.45. The Morgan fingerprint density at radius 3 is 2.62 bits per heavy atom. The normalized spacial score (nSPS) is 12.3. The molecule has 3 aromatic rings. The number of aromatic nitrogens is 3. The first kappa shape index (κ1) is 16.3. The summed E-state index contributed by atoms with van der Waals surface area (Å²) >= 11 is 0. The molecule has 0 saturated carbocycles. The number of benzene rings is 1. The predicted octanol–water partition coefficient (Wildman–Crippen LogP) is 2.13. The molecule has 0 spiro atoms. The molecular formula is C18H22N6. The first-order valence-corrected chi connectivity index (χ1v) is 8.01. The average Bonchev–Trinajstić information content (AvgIpc) is 2.53. The minimum absolute atomic E-state index is 0.403. The third-order valence-corrected chi connectivity index (χ3v) is 3.69. The molecule has 6 nitrogen and oxygen atoms in total. The van der Waals surface area contributed by atoms with Gasteiger partial charge in [-0.15, -0.1) is 0 Å².